The topological polar surface area (TPSA) is 81.6 Å². The molecule has 11 heteroatoms. The molecule has 0 bridgehead atoms. The van der Waals surface area contributed by atoms with Gasteiger partial charge in [0.2, 0.25) is 15.9 Å². The van der Waals surface area contributed by atoms with E-state index in [2.05, 4.69) is 14.9 Å². The molecule has 1 aromatic carbocycles. The van der Waals surface area contributed by atoms with Gasteiger partial charge in [-0.1, -0.05) is 12.1 Å². The van der Waals surface area contributed by atoms with Crippen molar-refractivity contribution in [1.82, 2.24) is 14.5 Å². The van der Waals surface area contributed by atoms with Gasteiger partial charge in [0, 0.05) is 25.1 Å². The van der Waals surface area contributed by atoms with Crippen LogP contribution in [0.15, 0.2) is 41.3 Å². The zero-order valence-electron chi connectivity index (χ0n) is 14.9. The quantitative estimate of drug-likeness (QED) is 0.719. The maximum atomic E-state index is 12.8. The normalized spacial score (nSPS) is 18.2. The monoisotopic (exact) mass is 417 g/mol. The Morgan fingerprint density at radius 2 is 1.93 bits per heavy atom. The Balaban J connectivity index is 1.68. The molecule has 1 aliphatic rings. The van der Waals surface area contributed by atoms with Crippen molar-refractivity contribution in [2.45, 2.75) is 24.6 Å². The smallest absolute Gasteiger partial charge is 0.476 e. The molecule has 1 unspecified atom stereocenters. The Hall–Kier alpha value is -2.40. The second-order valence-electron chi connectivity index (χ2n) is 6.34. The molecular formula is C17H18F3N3O4S. The molecule has 0 aliphatic carbocycles. The van der Waals surface area contributed by atoms with Crippen LogP contribution in [0.4, 0.5) is 13.2 Å². The molecule has 2 aromatic rings. The number of halogens is 3. The van der Waals surface area contributed by atoms with E-state index in [9.17, 15) is 21.6 Å². The summed E-state index contributed by atoms with van der Waals surface area (Å²) in [4.78, 5) is -0.515. The zero-order valence-corrected chi connectivity index (χ0v) is 15.7. The van der Waals surface area contributed by atoms with Crippen LogP contribution >= 0.6 is 0 Å². The average molecular weight is 417 g/mol. The summed E-state index contributed by atoms with van der Waals surface area (Å²) in [5.74, 6) is -0.533. The van der Waals surface area contributed by atoms with Crippen molar-refractivity contribution in [2.75, 3.05) is 19.7 Å². The summed E-state index contributed by atoms with van der Waals surface area (Å²) in [6, 6.07) is 8.11. The Morgan fingerprint density at radius 3 is 2.61 bits per heavy atom. The summed E-state index contributed by atoms with van der Waals surface area (Å²) in [6.45, 7) is 2.32. The van der Waals surface area contributed by atoms with E-state index in [4.69, 9.17) is 4.74 Å². The minimum absolute atomic E-state index is 0.117. The molecule has 0 N–H and O–H groups in total. The predicted molar refractivity (Wildman–Crippen MR) is 92.3 cm³/mol. The third-order valence-corrected chi connectivity index (χ3v) is 6.09. The first-order chi connectivity index (χ1) is 13.1. The van der Waals surface area contributed by atoms with Crippen LogP contribution in [0.25, 0.3) is 0 Å². The number of aromatic nitrogens is 2. The third kappa shape index (κ3) is 4.90. The fourth-order valence-corrected chi connectivity index (χ4v) is 4.48. The number of sulfonamides is 1. The first kappa shape index (κ1) is 20.3. The molecule has 7 nitrogen and oxygen atoms in total. The standard InChI is InChI=1S/C17H18F3N3O4S/c1-12-6-7-16(22-21-12)26-11-13-8-9-23(10-13)28(24,25)15-5-3-2-4-14(15)27-17(18,19)20/h2-7,13H,8-11H2,1H3. The molecule has 3 rings (SSSR count). The van der Waals surface area contributed by atoms with Gasteiger partial charge >= 0.3 is 6.36 Å². The van der Waals surface area contributed by atoms with Gasteiger partial charge in [-0.05, 0) is 31.5 Å². The van der Waals surface area contributed by atoms with E-state index in [-0.39, 0.29) is 25.6 Å². The van der Waals surface area contributed by atoms with Gasteiger partial charge in [0.25, 0.3) is 0 Å². The Morgan fingerprint density at radius 1 is 1.18 bits per heavy atom. The lowest BCUT2D eigenvalue weighted by Gasteiger charge is -2.19. The summed E-state index contributed by atoms with van der Waals surface area (Å²) in [5.41, 5.74) is 0.741. The van der Waals surface area contributed by atoms with Crippen molar-refractivity contribution in [1.29, 1.82) is 0 Å². The highest BCUT2D eigenvalue weighted by Gasteiger charge is 2.38. The van der Waals surface area contributed by atoms with Crippen LogP contribution in [0.1, 0.15) is 12.1 Å². The average Bonchev–Trinajstić information content (AvgIpc) is 3.10. The van der Waals surface area contributed by atoms with E-state index in [1.54, 1.807) is 19.1 Å². The molecular weight excluding hydrogens is 399 g/mol. The first-order valence-corrected chi connectivity index (χ1v) is 9.87. The zero-order chi connectivity index (χ0) is 20.4. The van der Waals surface area contributed by atoms with Crippen LogP contribution in [-0.2, 0) is 10.0 Å². The number of hydrogen-bond acceptors (Lipinski definition) is 6. The van der Waals surface area contributed by atoms with Crippen LogP contribution in [0.3, 0.4) is 0 Å². The summed E-state index contributed by atoms with van der Waals surface area (Å²) in [5, 5.41) is 7.74. The SMILES string of the molecule is Cc1ccc(OCC2CCN(S(=O)(=O)c3ccccc3OC(F)(F)F)C2)nn1. The number of nitrogens with zero attached hydrogens (tertiary/aromatic N) is 3. The minimum atomic E-state index is -4.98. The van der Waals surface area contributed by atoms with Crippen LogP contribution in [0.2, 0.25) is 0 Å². The predicted octanol–water partition coefficient (Wildman–Crippen LogP) is 2.77. The van der Waals surface area contributed by atoms with E-state index in [1.807, 2.05) is 0 Å². The van der Waals surface area contributed by atoms with Crippen LogP contribution in [-0.4, -0.2) is 49.0 Å². The number of alkyl halides is 3. The fourth-order valence-electron chi connectivity index (χ4n) is 2.83. The second kappa shape index (κ2) is 7.92. The maximum absolute atomic E-state index is 12.8. The summed E-state index contributed by atoms with van der Waals surface area (Å²) in [7, 11) is -4.14. The number of hydrogen-bond donors (Lipinski definition) is 0. The molecule has 1 aliphatic heterocycles. The Bertz CT molecular complexity index is 920. The van der Waals surface area contributed by atoms with Crippen molar-refractivity contribution in [3.05, 3.63) is 42.1 Å². The molecule has 0 radical (unpaired) electrons. The number of benzene rings is 1. The van der Waals surface area contributed by atoms with Gasteiger partial charge in [-0.15, -0.1) is 18.3 Å². The third-order valence-electron chi connectivity index (χ3n) is 4.18. The molecule has 1 fully saturated rings. The lowest BCUT2D eigenvalue weighted by Crippen LogP contribution is -2.30. The van der Waals surface area contributed by atoms with Gasteiger partial charge in [-0.2, -0.15) is 9.40 Å². The highest BCUT2D eigenvalue weighted by atomic mass is 32.2. The van der Waals surface area contributed by atoms with Gasteiger partial charge in [0.05, 0.1) is 12.3 Å². The molecule has 1 atom stereocenters. The number of ether oxygens (including phenoxy) is 2. The lowest BCUT2D eigenvalue weighted by atomic mass is 10.1. The van der Waals surface area contributed by atoms with Crippen LogP contribution < -0.4 is 9.47 Å². The molecule has 0 spiro atoms. The first-order valence-electron chi connectivity index (χ1n) is 8.43. The molecule has 28 heavy (non-hydrogen) atoms. The number of aryl methyl sites for hydroxylation is 1. The lowest BCUT2D eigenvalue weighted by molar-refractivity contribution is -0.275. The van der Waals surface area contributed by atoms with Gasteiger partial charge < -0.3 is 9.47 Å². The largest absolute Gasteiger partial charge is 0.573 e. The molecule has 0 saturated carbocycles. The van der Waals surface area contributed by atoms with E-state index in [1.165, 1.54) is 12.1 Å². The molecule has 1 saturated heterocycles. The number of para-hydroxylation sites is 1. The van der Waals surface area contributed by atoms with Crippen molar-refractivity contribution in [2.24, 2.45) is 5.92 Å². The summed E-state index contributed by atoms with van der Waals surface area (Å²) >= 11 is 0. The van der Waals surface area contributed by atoms with Crippen molar-refractivity contribution < 1.29 is 31.1 Å². The van der Waals surface area contributed by atoms with Crippen molar-refractivity contribution >= 4 is 10.0 Å². The van der Waals surface area contributed by atoms with Gasteiger partial charge in [0.1, 0.15) is 10.6 Å². The highest BCUT2D eigenvalue weighted by molar-refractivity contribution is 7.89. The maximum Gasteiger partial charge on any atom is 0.573 e. The van der Waals surface area contributed by atoms with E-state index < -0.39 is 27.0 Å². The van der Waals surface area contributed by atoms with Crippen molar-refractivity contribution in [3.63, 3.8) is 0 Å². The van der Waals surface area contributed by atoms with Gasteiger partial charge in [-0.3, -0.25) is 0 Å². The molecule has 0 amide bonds. The number of rotatable bonds is 6. The Labute approximate surface area is 160 Å². The Kier molecular flexibility index (Phi) is 5.75. The van der Waals surface area contributed by atoms with E-state index >= 15 is 0 Å². The van der Waals surface area contributed by atoms with Gasteiger partial charge in [0.15, 0.2) is 0 Å². The molecule has 2 heterocycles. The minimum Gasteiger partial charge on any atom is -0.476 e. The fraction of sp³-hybridized carbons (Fsp3) is 0.412. The summed E-state index contributed by atoms with van der Waals surface area (Å²) in [6.07, 6.45) is -4.47. The second-order valence-corrected chi connectivity index (χ2v) is 8.24. The van der Waals surface area contributed by atoms with Crippen LogP contribution in [0, 0.1) is 12.8 Å². The highest BCUT2D eigenvalue weighted by Crippen LogP contribution is 2.33. The van der Waals surface area contributed by atoms with Gasteiger partial charge in [-0.25, -0.2) is 8.42 Å². The molecule has 152 valence electrons. The van der Waals surface area contributed by atoms with Crippen molar-refractivity contribution in [3.8, 4) is 11.6 Å². The van der Waals surface area contributed by atoms with E-state index in [0.29, 0.717) is 12.3 Å². The van der Waals surface area contributed by atoms with E-state index in [0.717, 1.165) is 22.1 Å². The summed E-state index contributed by atoms with van der Waals surface area (Å²) < 4.78 is 73.9. The molecule has 1 aromatic heterocycles. The van der Waals surface area contributed by atoms with Crippen LogP contribution in [0.5, 0.6) is 11.6 Å².